The maximum absolute atomic E-state index is 5.99. The highest BCUT2D eigenvalue weighted by Crippen LogP contribution is 2.16. The van der Waals surface area contributed by atoms with Crippen molar-refractivity contribution in [1.82, 2.24) is 0 Å². The maximum atomic E-state index is 5.99. The second-order valence-electron chi connectivity index (χ2n) is 3.81. The number of hydrogen-bond donors (Lipinski definition) is 0. The van der Waals surface area contributed by atoms with E-state index in [9.17, 15) is 0 Å². The predicted octanol–water partition coefficient (Wildman–Crippen LogP) is 2.90. The first kappa shape index (κ1) is 15.7. The van der Waals surface area contributed by atoms with Gasteiger partial charge in [-0.15, -0.1) is 0 Å². The van der Waals surface area contributed by atoms with Crippen molar-refractivity contribution < 1.29 is 13.3 Å². The predicted molar refractivity (Wildman–Crippen MR) is 76.5 cm³/mol. The van der Waals surface area contributed by atoms with Gasteiger partial charge in [-0.1, -0.05) is 17.7 Å². The van der Waals surface area contributed by atoms with E-state index in [1.165, 1.54) is 0 Å². The molecular formula is C13H21ClO3Si. The number of aryl methyl sites for hydroxylation is 1. The van der Waals surface area contributed by atoms with E-state index in [4.69, 9.17) is 24.9 Å². The Morgan fingerprint density at radius 3 is 1.89 bits per heavy atom. The van der Waals surface area contributed by atoms with Gasteiger partial charge in [0.05, 0.1) is 0 Å². The zero-order valence-electron chi connectivity index (χ0n) is 11.5. The minimum Gasteiger partial charge on any atom is -0.370 e. The summed E-state index contributed by atoms with van der Waals surface area (Å²) in [5.41, 5.74) is 1.05. The molecule has 0 saturated carbocycles. The minimum atomic E-state index is -2.80. The third-order valence-electron chi connectivity index (χ3n) is 2.52. The molecule has 1 aromatic rings. The van der Waals surface area contributed by atoms with Crippen molar-refractivity contribution in [2.75, 3.05) is 19.8 Å². The van der Waals surface area contributed by atoms with Crippen molar-refractivity contribution in [1.29, 1.82) is 0 Å². The van der Waals surface area contributed by atoms with Crippen molar-refractivity contribution in [3.8, 4) is 0 Å². The molecule has 0 spiro atoms. The fourth-order valence-corrected chi connectivity index (χ4v) is 4.82. The van der Waals surface area contributed by atoms with Crippen LogP contribution < -0.4 is 5.19 Å². The van der Waals surface area contributed by atoms with Gasteiger partial charge in [0, 0.05) is 30.0 Å². The Bertz CT molecular complexity index is 367. The third kappa shape index (κ3) is 3.55. The van der Waals surface area contributed by atoms with E-state index in [0.29, 0.717) is 24.8 Å². The summed E-state index contributed by atoms with van der Waals surface area (Å²) in [7, 11) is -2.80. The molecule has 0 saturated heterocycles. The second-order valence-corrected chi connectivity index (χ2v) is 6.77. The average molecular weight is 289 g/mol. The molecule has 1 rings (SSSR count). The van der Waals surface area contributed by atoms with Crippen molar-refractivity contribution in [2.45, 2.75) is 27.7 Å². The van der Waals surface area contributed by atoms with E-state index < -0.39 is 8.80 Å². The first-order valence-electron chi connectivity index (χ1n) is 6.28. The average Bonchev–Trinajstić information content (AvgIpc) is 2.29. The highest BCUT2D eigenvalue weighted by atomic mass is 35.5. The molecule has 0 aromatic heterocycles. The van der Waals surface area contributed by atoms with Crippen LogP contribution in [0.1, 0.15) is 26.3 Å². The van der Waals surface area contributed by atoms with E-state index in [2.05, 4.69) is 0 Å². The van der Waals surface area contributed by atoms with Gasteiger partial charge in [-0.25, -0.2) is 0 Å². The van der Waals surface area contributed by atoms with Crippen LogP contribution in [0.3, 0.4) is 0 Å². The molecule has 0 aliphatic rings. The highest BCUT2D eigenvalue weighted by Gasteiger charge is 2.44. The lowest BCUT2D eigenvalue weighted by Gasteiger charge is -2.29. The molecule has 0 bridgehead atoms. The molecular weight excluding hydrogens is 268 g/mol. The monoisotopic (exact) mass is 288 g/mol. The number of hydrogen-bond acceptors (Lipinski definition) is 3. The zero-order chi connectivity index (χ0) is 13.6. The first-order valence-corrected chi connectivity index (χ1v) is 8.38. The van der Waals surface area contributed by atoms with Gasteiger partial charge in [-0.2, -0.15) is 0 Å². The normalized spacial score (nSPS) is 11.8. The lowest BCUT2D eigenvalue weighted by atomic mass is 10.2. The summed E-state index contributed by atoms with van der Waals surface area (Å²) in [6.07, 6.45) is 0. The number of halogens is 1. The molecule has 0 fully saturated rings. The smallest absolute Gasteiger partial charge is 0.370 e. The van der Waals surface area contributed by atoms with Gasteiger partial charge in [0.15, 0.2) is 0 Å². The number of benzene rings is 1. The molecule has 18 heavy (non-hydrogen) atoms. The van der Waals surface area contributed by atoms with Gasteiger partial charge in [-0.05, 0) is 45.4 Å². The van der Waals surface area contributed by atoms with E-state index in [0.717, 1.165) is 10.8 Å². The van der Waals surface area contributed by atoms with Crippen LogP contribution in [0.25, 0.3) is 0 Å². The van der Waals surface area contributed by atoms with Crippen LogP contribution in [0.15, 0.2) is 18.2 Å². The highest BCUT2D eigenvalue weighted by molar-refractivity contribution is 6.75. The Balaban J connectivity index is 3.21. The van der Waals surface area contributed by atoms with Gasteiger partial charge >= 0.3 is 8.80 Å². The summed E-state index contributed by atoms with van der Waals surface area (Å²) in [5, 5.41) is 1.71. The van der Waals surface area contributed by atoms with Crippen LogP contribution in [0, 0.1) is 6.92 Å². The van der Waals surface area contributed by atoms with Crippen LogP contribution in [-0.2, 0) is 13.3 Å². The lowest BCUT2D eigenvalue weighted by molar-refractivity contribution is 0.0858. The molecule has 3 nitrogen and oxygen atoms in total. The molecule has 0 radical (unpaired) electrons. The molecule has 0 aliphatic heterocycles. The molecule has 0 heterocycles. The van der Waals surface area contributed by atoms with Gasteiger partial charge < -0.3 is 13.3 Å². The van der Waals surface area contributed by atoms with Crippen LogP contribution in [-0.4, -0.2) is 28.6 Å². The SMILES string of the molecule is CCO[Si](OCC)(OCC)c1ccc(Cl)cc1C. The molecule has 0 atom stereocenters. The Hall–Kier alpha value is -0.393. The Morgan fingerprint density at radius 2 is 1.50 bits per heavy atom. The van der Waals surface area contributed by atoms with Crippen LogP contribution in [0.5, 0.6) is 0 Å². The van der Waals surface area contributed by atoms with E-state index >= 15 is 0 Å². The molecule has 0 unspecified atom stereocenters. The summed E-state index contributed by atoms with van der Waals surface area (Å²) in [6, 6.07) is 5.71. The fourth-order valence-electron chi connectivity index (χ4n) is 1.90. The molecule has 1 aromatic carbocycles. The van der Waals surface area contributed by atoms with Crippen molar-refractivity contribution in [3.63, 3.8) is 0 Å². The lowest BCUT2D eigenvalue weighted by Crippen LogP contribution is -2.57. The molecule has 102 valence electrons. The van der Waals surface area contributed by atoms with Crippen molar-refractivity contribution in [3.05, 3.63) is 28.8 Å². The van der Waals surface area contributed by atoms with Crippen LogP contribution >= 0.6 is 11.6 Å². The zero-order valence-corrected chi connectivity index (χ0v) is 13.2. The maximum Gasteiger partial charge on any atom is 0.537 e. The summed E-state index contributed by atoms with van der Waals surface area (Å²) in [6.45, 7) is 9.54. The van der Waals surface area contributed by atoms with Gasteiger partial charge in [0.2, 0.25) is 0 Å². The topological polar surface area (TPSA) is 27.7 Å². The second kappa shape index (κ2) is 7.26. The summed E-state index contributed by atoms with van der Waals surface area (Å²) < 4.78 is 17.6. The number of rotatable bonds is 7. The fraction of sp³-hybridized carbons (Fsp3) is 0.538. The van der Waals surface area contributed by atoms with E-state index in [1.807, 2.05) is 45.9 Å². The summed E-state index contributed by atoms with van der Waals surface area (Å²) in [4.78, 5) is 0. The van der Waals surface area contributed by atoms with E-state index in [1.54, 1.807) is 0 Å². The quantitative estimate of drug-likeness (QED) is 0.722. The van der Waals surface area contributed by atoms with Gasteiger partial charge in [-0.3, -0.25) is 0 Å². The summed E-state index contributed by atoms with van der Waals surface area (Å²) >= 11 is 5.99. The van der Waals surface area contributed by atoms with Gasteiger partial charge in [0.25, 0.3) is 0 Å². The minimum absolute atomic E-state index is 0.564. The summed E-state index contributed by atoms with van der Waals surface area (Å²) in [5.74, 6) is 0. The Morgan fingerprint density at radius 1 is 1.00 bits per heavy atom. The molecule has 0 amide bonds. The van der Waals surface area contributed by atoms with Crippen molar-refractivity contribution >= 4 is 25.6 Å². The molecule has 5 heteroatoms. The Labute approximate surface area is 115 Å². The largest absolute Gasteiger partial charge is 0.537 e. The molecule has 0 aliphatic carbocycles. The Kier molecular flexibility index (Phi) is 6.32. The van der Waals surface area contributed by atoms with Gasteiger partial charge in [0.1, 0.15) is 0 Å². The third-order valence-corrected chi connectivity index (χ3v) is 5.98. The van der Waals surface area contributed by atoms with Crippen LogP contribution in [0.4, 0.5) is 0 Å². The standard InChI is InChI=1S/C13H21ClO3Si/c1-5-15-18(16-6-2,17-7-3)13-9-8-12(14)10-11(13)4/h8-10H,5-7H2,1-4H3. The van der Waals surface area contributed by atoms with E-state index in [-0.39, 0.29) is 0 Å². The van der Waals surface area contributed by atoms with Crippen molar-refractivity contribution in [2.24, 2.45) is 0 Å². The molecule has 0 N–H and O–H groups in total. The van der Waals surface area contributed by atoms with Crippen LogP contribution in [0.2, 0.25) is 5.02 Å². The first-order chi connectivity index (χ1) is 8.59.